The average Bonchev–Trinajstić information content (AvgIpc) is 2.16. The molecule has 0 saturated heterocycles. The van der Waals surface area contributed by atoms with Crippen LogP contribution in [0.25, 0.3) is 0 Å². The van der Waals surface area contributed by atoms with Gasteiger partial charge in [-0.15, -0.1) is 0 Å². The molecule has 0 aromatic carbocycles. The highest BCUT2D eigenvalue weighted by atomic mass is 19.4. The largest absolute Gasteiger partial charge is 0.416 e. The van der Waals surface area contributed by atoms with E-state index in [-0.39, 0.29) is 11.8 Å². The van der Waals surface area contributed by atoms with Crippen LogP contribution in [0.5, 0.6) is 0 Å². The Bertz CT molecular complexity index is 340. The van der Waals surface area contributed by atoms with Crippen LogP contribution in [0, 0.1) is 5.92 Å². The molecule has 0 bridgehead atoms. The molecule has 0 atom stereocenters. The van der Waals surface area contributed by atoms with Crippen LogP contribution in [0.1, 0.15) is 26.7 Å². The van der Waals surface area contributed by atoms with E-state index >= 15 is 0 Å². The molecular weight excluding hydrogens is 219 g/mol. The van der Waals surface area contributed by atoms with Crippen molar-refractivity contribution in [2.24, 2.45) is 5.92 Å². The van der Waals surface area contributed by atoms with Crippen LogP contribution in [-0.2, 0) is 4.79 Å². The van der Waals surface area contributed by atoms with E-state index < -0.39 is 11.7 Å². The molecule has 5 heteroatoms. The number of carbonyl (C=O) groups excluding carboxylic acids is 1. The first-order valence-electron chi connectivity index (χ1n) is 5.09. The maximum Gasteiger partial charge on any atom is 0.416 e. The quantitative estimate of drug-likeness (QED) is 0.780. The van der Waals surface area contributed by atoms with E-state index in [0.717, 1.165) is 12.2 Å². The predicted molar refractivity (Wildman–Crippen MR) is 54.4 cm³/mol. The molecule has 0 radical (unpaired) electrons. The maximum absolute atomic E-state index is 12.4. The fourth-order valence-corrected chi connectivity index (χ4v) is 1.30. The van der Waals surface area contributed by atoms with Crippen LogP contribution in [-0.4, -0.2) is 12.1 Å². The third-order valence-electron chi connectivity index (χ3n) is 2.24. The standard InChI is InChI=1S/C11H14F3NO/c1-7(2)10(16)15-9-5-3-4-8(6-9)11(12,13)14/h4,6-7H,3,5H2,1-2H3,(H,15,16). The molecule has 2 nitrogen and oxygen atoms in total. The van der Waals surface area contributed by atoms with Crippen molar-refractivity contribution in [1.82, 2.24) is 5.32 Å². The fourth-order valence-electron chi connectivity index (χ4n) is 1.30. The molecule has 0 heterocycles. The van der Waals surface area contributed by atoms with E-state index in [4.69, 9.17) is 0 Å². The van der Waals surface area contributed by atoms with Gasteiger partial charge in [-0.1, -0.05) is 19.9 Å². The van der Waals surface area contributed by atoms with Gasteiger partial charge in [0.1, 0.15) is 0 Å². The Morgan fingerprint density at radius 2 is 2.06 bits per heavy atom. The lowest BCUT2D eigenvalue weighted by atomic mass is 10.0. The topological polar surface area (TPSA) is 29.1 Å². The minimum absolute atomic E-state index is 0.235. The molecule has 0 spiro atoms. The molecule has 1 aliphatic rings. The highest BCUT2D eigenvalue weighted by Gasteiger charge is 2.33. The summed E-state index contributed by atoms with van der Waals surface area (Å²) in [6, 6.07) is 0. The van der Waals surface area contributed by atoms with E-state index in [1.807, 2.05) is 0 Å². The van der Waals surface area contributed by atoms with Gasteiger partial charge >= 0.3 is 6.18 Å². The van der Waals surface area contributed by atoms with E-state index in [9.17, 15) is 18.0 Å². The molecule has 0 fully saturated rings. The molecule has 90 valence electrons. The number of hydrogen-bond donors (Lipinski definition) is 1. The summed E-state index contributed by atoms with van der Waals surface area (Å²) in [6.45, 7) is 3.39. The summed E-state index contributed by atoms with van der Waals surface area (Å²) in [4.78, 5) is 11.3. The van der Waals surface area contributed by atoms with E-state index in [2.05, 4.69) is 5.32 Å². The average molecular weight is 233 g/mol. The van der Waals surface area contributed by atoms with Crippen molar-refractivity contribution in [3.8, 4) is 0 Å². The zero-order chi connectivity index (χ0) is 12.3. The molecule has 1 amide bonds. The van der Waals surface area contributed by atoms with Gasteiger partial charge in [0.2, 0.25) is 5.91 Å². The van der Waals surface area contributed by atoms with Crippen LogP contribution < -0.4 is 5.32 Å². The predicted octanol–water partition coefficient (Wildman–Crippen LogP) is 2.93. The Hall–Kier alpha value is -1.26. The first-order valence-corrected chi connectivity index (χ1v) is 5.09. The second kappa shape index (κ2) is 4.72. The molecule has 0 unspecified atom stereocenters. The summed E-state index contributed by atoms with van der Waals surface area (Å²) in [5.74, 6) is -0.490. The van der Waals surface area contributed by atoms with E-state index in [1.165, 1.54) is 0 Å². The molecule has 0 aliphatic heterocycles. The SMILES string of the molecule is CC(C)C(=O)NC1=CC(C(F)(F)F)=CCC1. The molecule has 1 aliphatic carbocycles. The molecule has 0 aromatic rings. The number of amides is 1. The Kier molecular flexibility index (Phi) is 3.78. The zero-order valence-corrected chi connectivity index (χ0v) is 9.19. The highest BCUT2D eigenvalue weighted by Crippen LogP contribution is 2.30. The summed E-state index contributed by atoms with van der Waals surface area (Å²) in [5.41, 5.74) is -0.341. The second-order valence-corrected chi connectivity index (χ2v) is 4.01. The van der Waals surface area contributed by atoms with Crippen LogP contribution in [0.4, 0.5) is 13.2 Å². The lowest BCUT2D eigenvalue weighted by Gasteiger charge is -2.17. The zero-order valence-electron chi connectivity index (χ0n) is 9.19. The van der Waals surface area contributed by atoms with E-state index in [0.29, 0.717) is 18.5 Å². The Morgan fingerprint density at radius 1 is 1.44 bits per heavy atom. The maximum atomic E-state index is 12.4. The van der Waals surface area contributed by atoms with Gasteiger partial charge in [-0.05, 0) is 18.9 Å². The van der Waals surface area contributed by atoms with Crippen molar-refractivity contribution in [3.05, 3.63) is 23.4 Å². The van der Waals surface area contributed by atoms with Gasteiger partial charge in [-0.2, -0.15) is 13.2 Å². The van der Waals surface area contributed by atoms with Gasteiger partial charge in [0.15, 0.2) is 0 Å². The summed E-state index contributed by atoms with van der Waals surface area (Å²) >= 11 is 0. The third-order valence-corrected chi connectivity index (χ3v) is 2.24. The summed E-state index contributed by atoms with van der Waals surface area (Å²) in [6.07, 6.45) is -1.44. The number of alkyl halides is 3. The minimum Gasteiger partial charge on any atom is -0.330 e. The van der Waals surface area contributed by atoms with Crippen LogP contribution in [0.3, 0.4) is 0 Å². The Balaban J connectivity index is 2.73. The van der Waals surface area contributed by atoms with Gasteiger partial charge < -0.3 is 5.32 Å². The lowest BCUT2D eigenvalue weighted by Crippen LogP contribution is -2.28. The first-order chi connectivity index (χ1) is 7.30. The number of halogens is 3. The third kappa shape index (κ3) is 3.40. The molecule has 1 N–H and O–H groups in total. The molecule has 0 aromatic heterocycles. The molecule has 16 heavy (non-hydrogen) atoms. The van der Waals surface area contributed by atoms with Crippen molar-refractivity contribution in [3.63, 3.8) is 0 Å². The number of carbonyl (C=O) groups is 1. The number of allylic oxidation sites excluding steroid dienone is 4. The second-order valence-electron chi connectivity index (χ2n) is 4.01. The van der Waals surface area contributed by atoms with Gasteiger partial charge in [0, 0.05) is 11.6 Å². The summed E-state index contributed by atoms with van der Waals surface area (Å²) in [5, 5.41) is 2.50. The summed E-state index contributed by atoms with van der Waals surface area (Å²) < 4.78 is 37.2. The van der Waals surface area contributed by atoms with Crippen molar-refractivity contribution >= 4 is 5.91 Å². The van der Waals surface area contributed by atoms with Gasteiger partial charge in [-0.25, -0.2) is 0 Å². The Labute approximate surface area is 92.2 Å². The summed E-state index contributed by atoms with van der Waals surface area (Å²) in [7, 11) is 0. The van der Waals surface area contributed by atoms with Crippen LogP contribution in [0.2, 0.25) is 0 Å². The van der Waals surface area contributed by atoms with Crippen molar-refractivity contribution < 1.29 is 18.0 Å². The number of rotatable bonds is 2. The lowest BCUT2D eigenvalue weighted by molar-refractivity contribution is -0.123. The normalized spacial score (nSPS) is 16.9. The van der Waals surface area contributed by atoms with E-state index in [1.54, 1.807) is 13.8 Å². The molecule has 1 rings (SSSR count). The van der Waals surface area contributed by atoms with Gasteiger partial charge in [0.25, 0.3) is 0 Å². The van der Waals surface area contributed by atoms with Crippen molar-refractivity contribution in [1.29, 1.82) is 0 Å². The number of hydrogen-bond acceptors (Lipinski definition) is 1. The monoisotopic (exact) mass is 233 g/mol. The van der Waals surface area contributed by atoms with Crippen LogP contribution in [0.15, 0.2) is 23.4 Å². The highest BCUT2D eigenvalue weighted by molar-refractivity contribution is 5.79. The minimum atomic E-state index is -4.34. The first kappa shape index (κ1) is 12.8. The fraction of sp³-hybridized carbons (Fsp3) is 0.545. The van der Waals surface area contributed by atoms with Crippen LogP contribution >= 0.6 is 0 Å². The van der Waals surface area contributed by atoms with Crippen molar-refractivity contribution in [2.75, 3.05) is 0 Å². The van der Waals surface area contributed by atoms with Gasteiger partial charge in [-0.3, -0.25) is 4.79 Å². The Morgan fingerprint density at radius 3 is 2.56 bits per heavy atom. The van der Waals surface area contributed by atoms with Crippen molar-refractivity contribution in [2.45, 2.75) is 32.9 Å². The van der Waals surface area contributed by atoms with Gasteiger partial charge in [0.05, 0.1) is 5.57 Å². The molecular formula is C11H14F3NO. The smallest absolute Gasteiger partial charge is 0.330 e. The number of nitrogens with one attached hydrogen (secondary N) is 1. The molecule has 0 saturated carbocycles.